The van der Waals surface area contributed by atoms with E-state index in [0.717, 1.165) is 0 Å². The molecule has 152 valence electrons. The molecule has 1 unspecified atom stereocenters. The molecule has 0 aromatic heterocycles. The number of carbonyl (C=O) groups excluding carboxylic acids is 2. The van der Waals surface area contributed by atoms with Gasteiger partial charge in [-0.1, -0.05) is 35.3 Å². The number of benzene rings is 2. The number of halogens is 2. The Labute approximate surface area is 178 Å². The van der Waals surface area contributed by atoms with Crippen molar-refractivity contribution in [3.8, 4) is 5.75 Å². The SMILES string of the molecule is COCCN1C(=O)C(=O)/C(=C(\O)c2ccc(Cl)c(OC)c2)C1c1ccc(Cl)cc1. The maximum Gasteiger partial charge on any atom is 0.295 e. The summed E-state index contributed by atoms with van der Waals surface area (Å²) < 4.78 is 10.3. The zero-order valence-corrected chi connectivity index (χ0v) is 17.3. The molecular formula is C21H19Cl2NO5. The molecule has 0 bridgehead atoms. The standard InChI is InChI=1S/C21H19Cl2NO5/c1-28-10-9-24-18(12-3-6-14(22)7-4-12)17(20(26)21(24)27)19(25)13-5-8-15(23)16(11-13)29-2/h3-8,11,18,25H,9-10H2,1-2H3/b19-17-. The molecule has 0 aliphatic carbocycles. The van der Waals surface area contributed by atoms with Gasteiger partial charge in [-0.3, -0.25) is 9.59 Å². The second-order valence-corrected chi connectivity index (χ2v) is 7.23. The van der Waals surface area contributed by atoms with Crippen molar-refractivity contribution < 1.29 is 24.2 Å². The Morgan fingerprint density at radius 2 is 1.79 bits per heavy atom. The summed E-state index contributed by atoms with van der Waals surface area (Å²) in [5, 5.41) is 11.9. The molecular weight excluding hydrogens is 417 g/mol. The molecule has 1 atom stereocenters. The lowest BCUT2D eigenvalue weighted by atomic mass is 9.95. The molecule has 1 heterocycles. The number of methoxy groups -OCH3 is 2. The van der Waals surface area contributed by atoms with Gasteiger partial charge in [0.05, 0.1) is 30.4 Å². The number of ether oxygens (including phenoxy) is 2. The minimum atomic E-state index is -0.774. The van der Waals surface area contributed by atoms with E-state index in [4.69, 9.17) is 32.7 Å². The molecule has 6 nitrogen and oxygen atoms in total. The summed E-state index contributed by atoms with van der Waals surface area (Å²) in [6.07, 6.45) is 0. The number of rotatable bonds is 6. The summed E-state index contributed by atoms with van der Waals surface area (Å²) in [5.41, 5.74) is 0.944. The van der Waals surface area contributed by atoms with Crippen LogP contribution in [0.3, 0.4) is 0 Å². The summed E-state index contributed by atoms with van der Waals surface area (Å²) in [6.45, 7) is 0.432. The number of hydrogen-bond acceptors (Lipinski definition) is 5. The second kappa shape index (κ2) is 8.86. The molecule has 2 aromatic carbocycles. The highest BCUT2D eigenvalue weighted by atomic mass is 35.5. The minimum absolute atomic E-state index is 0.0159. The third-order valence-electron chi connectivity index (χ3n) is 4.69. The van der Waals surface area contributed by atoms with E-state index in [-0.39, 0.29) is 24.5 Å². The molecule has 2 aromatic rings. The van der Waals surface area contributed by atoms with Gasteiger partial charge in [0.2, 0.25) is 0 Å². The molecule has 29 heavy (non-hydrogen) atoms. The number of amides is 1. The van der Waals surface area contributed by atoms with Crippen LogP contribution in [0.2, 0.25) is 10.0 Å². The number of aliphatic hydroxyl groups is 1. The van der Waals surface area contributed by atoms with Gasteiger partial charge >= 0.3 is 0 Å². The molecule has 1 N–H and O–H groups in total. The fourth-order valence-electron chi connectivity index (χ4n) is 3.25. The van der Waals surface area contributed by atoms with Crippen molar-refractivity contribution in [2.75, 3.05) is 27.4 Å². The van der Waals surface area contributed by atoms with E-state index in [1.54, 1.807) is 36.4 Å². The highest BCUT2D eigenvalue weighted by Gasteiger charge is 2.45. The van der Waals surface area contributed by atoms with Crippen LogP contribution in [0.5, 0.6) is 5.75 Å². The van der Waals surface area contributed by atoms with Crippen molar-refractivity contribution in [3.63, 3.8) is 0 Å². The van der Waals surface area contributed by atoms with Crippen LogP contribution in [0.1, 0.15) is 17.2 Å². The second-order valence-electron chi connectivity index (χ2n) is 6.39. The van der Waals surface area contributed by atoms with Crippen LogP contribution < -0.4 is 4.74 Å². The number of Topliss-reactive ketones (excluding diaryl/α,β-unsaturated/α-hetero) is 1. The Morgan fingerprint density at radius 3 is 2.41 bits per heavy atom. The molecule has 3 rings (SSSR count). The number of carbonyl (C=O) groups is 2. The van der Waals surface area contributed by atoms with Gasteiger partial charge in [0.15, 0.2) is 0 Å². The highest BCUT2D eigenvalue weighted by molar-refractivity contribution is 6.46. The molecule has 1 aliphatic rings. The number of likely N-dealkylation sites (tertiary alicyclic amines) is 1. The number of hydrogen-bond donors (Lipinski definition) is 1. The van der Waals surface area contributed by atoms with E-state index in [0.29, 0.717) is 26.9 Å². The minimum Gasteiger partial charge on any atom is -0.507 e. The third-order valence-corrected chi connectivity index (χ3v) is 5.25. The molecule has 1 amide bonds. The van der Waals surface area contributed by atoms with Gasteiger partial charge in [-0.2, -0.15) is 0 Å². The lowest BCUT2D eigenvalue weighted by Crippen LogP contribution is -2.32. The summed E-state index contributed by atoms with van der Waals surface area (Å²) in [6, 6.07) is 10.6. The van der Waals surface area contributed by atoms with Crippen LogP contribution in [0.15, 0.2) is 48.0 Å². The number of ketones is 1. The predicted molar refractivity (Wildman–Crippen MR) is 110 cm³/mol. The van der Waals surface area contributed by atoms with Crippen molar-refractivity contribution in [2.24, 2.45) is 0 Å². The summed E-state index contributed by atoms with van der Waals surface area (Å²) in [4.78, 5) is 26.9. The first kappa shape index (κ1) is 21.2. The van der Waals surface area contributed by atoms with Gasteiger partial charge in [-0.15, -0.1) is 0 Å². The number of aliphatic hydroxyl groups excluding tert-OH is 1. The molecule has 0 radical (unpaired) electrons. The van der Waals surface area contributed by atoms with Crippen molar-refractivity contribution in [1.82, 2.24) is 4.90 Å². The van der Waals surface area contributed by atoms with Gasteiger partial charge < -0.3 is 19.5 Å². The fraction of sp³-hybridized carbons (Fsp3) is 0.238. The van der Waals surface area contributed by atoms with E-state index in [2.05, 4.69) is 0 Å². The van der Waals surface area contributed by atoms with Crippen LogP contribution in [-0.2, 0) is 14.3 Å². The molecule has 0 spiro atoms. The number of nitrogens with zero attached hydrogens (tertiary/aromatic N) is 1. The Kier molecular flexibility index (Phi) is 6.47. The van der Waals surface area contributed by atoms with Crippen LogP contribution in [0, 0.1) is 0 Å². The van der Waals surface area contributed by atoms with E-state index in [1.165, 1.54) is 25.2 Å². The quantitative estimate of drug-likeness (QED) is 0.420. The average molecular weight is 436 g/mol. The topological polar surface area (TPSA) is 76.1 Å². The lowest BCUT2D eigenvalue weighted by molar-refractivity contribution is -0.140. The van der Waals surface area contributed by atoms with Crippen molar-refractivity contribution >= 4 is 40.7 Å². The summed E-state index contributed by atoms with van der Waals surface area (Å²) >= 11 is 12.0. The molecule has 0 saturated carbocycles. The van der Waals surface area contributed by atoms with E-state index < -0.39 is 17.7 Å². The Hall–Kier alpha value is -2.54. The summed E-state index contributed by atoms with van der Waals surface area (Å²) in [5.74, 6) is -1.44. The van der Waals surface area contributed by atoms with Gasteiger partial charge in [0.1, 0.15) is 11.5 Å². The van der Waals surface area contributed by atoms with Crippen molar-refractivity contribution in [2.45, 2.75) is 6.04 Å². The normalized spacial score (nSPS) is 18.3. The van der Waals surface area contributed by atoms with E-state index >= 15 is 0 Å². The van der Waals surface area contributed by atoms with Crippen molar-refractivity contribution in [1.29, 1.82) is 0 Å². The first-order valence-electron chi connectivity index (χ1n) is 8.75. The zero-order chi connectivity index (χ0) is 21.1. The van der Waals surface area contributed by atoms with Crippen molar-refractivity contribution in [3.05, 3.63) is 69.2 Å². The van der Waals surface area contributed by atoms with Crippen LogP contribution in [-0.4, -0.2) is 49.1 Å². The monoisotopic (exact) mass is 435 g/mol. The van der Waals surface area contributed by atoms with E-state index in [1.807, 2.05) is 0 Å². The van der Waals surface area contributed by atoms with Gasteiger partial charge in [-0.25, -0.2) is 0 Å². The van der Waals surface area contributed by atoms with Gasteiger partial charge in [0, 0.05) is 24.2 Å². The molecule has 1 aliphatic heterocycles. The molecule has 1 saturated heterocycles. The Bertz CT molecular complexity index is 972. The Balaban J connectivity index is 2.17. The van der Waals surface area contributed by atoms with Crippen LogP contribution >= 0.6 is 23.2 Å². The first-order chi connectivity index (χ1) is 13.9. The maximum atomic E-state index is 12.8. The molecule has 1 fully saturated rings. The third kappa shape index (κ3) is 4.10. The van der Waals surface area contributed by atoms with Crippen LogP contribution in [0.4, 0.5) is 0 Å². The Morgan fingerprint density at radius 1 is 1.10 bits per heavy atom. The molecule has 8 heteroatoms. The lowest BCUT2D eigenvalue weighted by Gasteiger charge is -2.25. The summed E-state index contributed by atoms with van der Waals surface area (Å²) in [7, 11) is 2.95. The van der Waals surface area contributed by atoms with Crippen LogP contribution in [0.25, 0.3) is 5.76 Å². The van der Waals surface area contributed by atoms with E-state index in [9.17, 15) is 14.7 Å². The fourth-order valence-corrected chi connectivity index (χ4v) is 3.58. The van der Waals surface area contributed by atoms with Gasteiger partial charge in [-0.05, 0) is 35.9 Å². The smallest absolute Gasteiger partial charge is 0.295 e. The zero-order valence-electron chi connectivity index (χ0n) is 15.8. The van der Waals surface area contributed by atoms with Gasteiger partial charge in [0.25, 0.3) is 11.7 Å². The maximum absolute atomic E-state index is 12.8. The largest absolute Gasteiger partial charge is 0.507 e. The highest BCUT2D eigenvalue weighted by Crippen LogP contribution is 2.40. The average Bonchev–Trinajstić information content (AvgIpc) is 2.97. The predicted octanol–water partition coefficient (Wildman–Crippen LogP) is 4.07. The first-order valence-corrected chi connectivity index (χ1v) is 9.51.